The van der Waals surface area contributed by atoms with Crippen LogP contribution in [0.15, 0.2) is 29.8 Å². The van der Waals surface area contributed by atoms with E-state index in [1.807, 2.05) is 18.2 Å². The first-order chi connectivity index (χ1) is 14.2. The normalized spacial score (nSPS) is 18.2. The Balaban J connectivity index is 1.38. The van der Waals surface area contributed by atoms with Gasteiger partial charge in [-0.25, -0.2) is 0 Å². The van der Waals surface area contributed by atoms with Gasteiger partial charge in [-0.3, -0.25) is 14.6 Å². The second-order valence-corrected chi connectivity index (χ2v) is 7.94. The van der Waals surface area contributed by atoms with Crippen LogP contribution < -0.4 is 14.8 Å². The average molecular weight is 402 g/mol. The predicted molar refractivity (Wildman–Crippen MR) is 115 cm³/mol. The molecule has 1 heterocycles. The molecule has 1 N–H and O–H groups in total. The minimum Gasteiger partial charge on any atom is -0.497 e. The van der Waals surface area contributed by atoms with E-state index in [4.69, 9.17) is 9.47 Å². The minimum atomic E-state index is 0.143. The minimum absolute atomic E-state index is 0.143. The number of carbonyl (C=O) groups excluding carboxylic acids is 1. The van der Waals surface area contributed by atoms with E-state index in [1.54, 1.807) is 14.2 Å². The molecule has 6 heteroatoms. The number of amides is 1. The van der Waals surface area contributed by atoms with E-state index in [0.29, 0.717) is 6.54 Å². The van der Waals surface area contributed by atoms with Crippen LogP contribution in [0.4, 0.5) is 0 Å². The Labute approximate surface area is 174 Å². The molecule has 0 bridgehead atoms. The van der Waals surface area contributed by atoms with Crippen LogP contribution in [0, 0.1) is 0 Å². The maximum atomic E-state index is 12.3. The van der Waals surface area contributed by atoms with Crippen molar-refractivity contribution in [2.45, 2.75) is 38.6 Å². The van der Waals surface area contributed by atoms with Crippen molar-refractivity contribution in [3.05, 3.63) is 35.4 Å². The molecule has 3 rings (SSSR count). The molecule has 2 aliphatic rings. The molecule has 6 nitrogen and oxygen atoms in total. The summed E-state index contributed by atoms with van der Waals surface area (Å²) >= 11 is 0. The van der Waals surface area contributed by atoms with Crippen LogP contribution in [0.5, 0.6) is 11.5 Å². The molecule has 1 amide bonds. The van der Waals surface area contributed by atoms with E-state index in [9.17, 15) is 4.79 Å². The fourth-order valence-electron chi connectivity index (χ4n) is 4.11. The number of benzene rings is 1. The monoisotopic (exact) mass is 401 g/mol. The van der Waals surface area contributed by atoms with E-state index < -0.39 is 0 Å². The fourth-order valence-corrected chi connectivity index (χ4v) is 4.11. The zero-order valence-electron chi connectivity index (χ0n) is 17.9. The highest BCUT2D eigenvalue weighted by atomic mass is 16.5. The number of ether oxygens (including phenoxy) is 2. The Hall–Kier alpha value is -2.05. The standard InChI is InChI=1S/C23H35N3O3/c1-28-21-8-9-22(29-2)20(16-21)17-25-12-14-26(15-13-25)18-23(27)24-11-10-19-6-4-3-5-7-19/h6,8-9,16H,3-5,7,10-15,17-18H2,1-2H3,(H,24,27). The first kappa shape index (κ1) is 21.7. The van der Waals surface area contributed by atoms with Crippen molar-refractivity contribution >= 4 is 5.91 Å². The number of rotatable bonds is 9. The van der Waals surface area contributed by atoms with Gasteiger partial charge in [-0.15, -0.1) is 0 Å². The number of carbonyl (C=O) groups is 1. The van der Waals surface area contributed by atoms with Gasteiger partial charge >= 0.3 is 0 Å². The van der Waals surface area contributed by atoms with Crippen LogP contribution in [0.25, 0.3) is 0 Å². The summed E-state index contributed by atoms with van der Waals surface area (Å²) in [6.45, 7) is 5.79. The molecule has 1 aromatic rings. The molecule has 1 fully saturated rings. The van der Waals surface area contributed by atoms with E-state index in [2.05, 4.69) is 21.2 Å². The lowest BCUT2D eigenvalue weighted by Crippen LogP contribution is -2.49. The lowest BCUT2D eigenvalue weighted by Gasteiger charge is -2.34. The number of nitrogens with one attached hydrogen (secondary N) is 1. The lowest BCUT2D eigenvalue weighted by atomic mass is 9.97. The molecular weight excluding hydrogens is 366 g/mol. The van der Waals surface area contributed by atoms with Gasteiger partial charge in [0.15, 0.2) is 0 Å². The maximum absolute atomic E-state index is 12.3. The third kappa shape index (κ3) is 6.75. The molecule has 1 aliphatic carbocycles. The number of allylic oxidation sites excluding steroid dienone is 1. The van der Waals surface area contributed by atoms with Gasteiger partial charge < -0.3 is 14.8 Å². The van der Waals surface area contributed by atoms with E-state index in [-0.39, 0.29) is 5.91 Å². The Morgan fingerprint density at radius 2 is 1.86 bits per heavy atom. The number of methoxy groups -OCH3 is 2. The molecule has 0 radical (unpaired) electrons. The molecule has 0 aromatic heterocycles. The highest BCUT2D eigenvalue weighted by Crippen LogP contribution is 2.25. The third-order valence-corrected chi connectivity index (χ3v) is 5.87. The van der Waals surface area contributed by atoms with Crippen LogP contribution in [0.3, 0.4) is 0 Å². The molecule has 0 spiro atoms. The van der Waals surface area contributed by atoms with Crippen LogP contribution in [0.1, 0.15) is 37.7 Å². The van der Waals surface area contributed by atoms with Crippen LogP contribution in [-0.2, 0) is 11.3 Å². The van der Waals surface area contributed by atoms with Crippen molar-refractivity contribution in [3.8, 4) is 11.5 Å². The van der Waals surface area contributed by atoms with E-state index in [1.165, 1.54) is 31.3 Å². The topological polar surface area (TPSA) is 54.0 Å². The quantitative estimate of drug-likeness (QED) is 0.645. The Kier molecular flexibility index (Phi) is 8.38. The zero-order valence-corrected chi connectivity index (χ0v) is 17.9. The second-order valence-electron chi connectivity index (χ2n) is 7.94. The summed E-state index contributed by atoms with van der Waals surface area (Å²) in [4.78, 5) is 16.9. The summed E-state index contributed by atoms with van der Waals surface area (Å²) in [5, 5.41) is 3.09. The summed E-state index contributed by atoms with van der Waals surface area (Å²) in [5.74, 6) is 1.88. The highest BCUT2D eigenvalue weighted by molar-refractivity contribution is 5.78. The number of nitrogens with zero attached hydrogens (tertiary/aromatic N) is 2. The Morgan fingerprint density at radius 1 is 1.07 bits per heavy atom. The zero-order chi connectivity index (χ0) is 20.5. The van der Waals surface area contributed by atoms with Crippen LogP contribution >= 0.6 is 0 Å². The fraction of sp³-hybridized carbons (Fsp3) is 0.609. The van der Waals surface area contributed by atoms with Crippen molar-refractivity contribution in [2.75, 3.05) is 53.5 Å². The molecule has 1 saturated heterocycles. The van der Waals surface area contributed by atoms with Gasteiger partial charge in [0.1, 0.15) is 11.5 Å². The summed E-state index contributed by atoms with van der Waals surface area (Å²) in [7, 11) is 3.38. The molecule has 0 unspecified atom stereocenters. The molecule has 0 saturated carbocycles. The van der Waals surface area contributed by atoms with Crippen LogP contribution in [-0.4, -0.2) is 69.2 Å². The van der Waals surface area contributed by atoms with Crippen molar-refractivity contribution in [3.63, 3.8) is 0 Å². The lowest BCUT2D eigenvalue weighted by molar-refractivity contribution is -0.122. The summed E-state index contributed by atoms with van der Waals surface area (Å²) in [6.07, 6.45) is 8.37. The Bertz CT molecular complexity index is 697. The first-order valence-electron chi connectivity index (χ1n) is 10.8. The molecular formula is C23H35N3O3. The van der Waals surface area contributed by atoms with Crippen molar-refractivity contribution in [1.82, 2.24) is 15.1 Å². The third-order valence-electron chi connectivity index (χ3n) is 5.87. The molecule has 0 atom stereocenters. The SMILES string of the molecule is COc1ccc(OC)c(CN2CCN(CC(=O)NCCC3=CCCCC3)CC2)c1. The van der Waals surface area contributed by atoms with Crippen molar-refractivity contribution in [1.29, 1.82) is 0 Å². The van der Waals surface area contributed by atoms with E-state index >= 15 is 0 Å². The van der Waals surface area contributed by atoms with Gasteiger partial charge in [0.25, 0.3) is 0 Å². The van der Waals surface area contributed by atoms with E-state index in [0.717, 1.165) is 62.8 Å². The summed E-state index contributed by atoms with van der Waals surface area (Å²) in [5.41, 5.74) is 2.65. The highest BCUT2D eigenvalue weighted by Gasteiger charge is 2.20. The number of hydrogen-bond donors (Lipinski definition) is 1. The smallest absolute Gasteiger partial charge is 0.234 e. The van der Waals surface area contributed by atoms with Gasteiger partial charge in [-0.05, 0) is 50.3 Å². The summed E-state index contributed by atoms with van der Waals surface area (Å²) < 4.78 is 10.8. The largest absolute Gasteiger partial charge is 0.497 e. The predicted octanol–water partition coefficient (Wildman–Crippen LogP) is 2.83. The first-order valence-corrected chi connectivity index (χ1v) is 10.8. The van der Waals surface area contributed by atoms with Gasteiger partial charge in [0.05, 0.1) is 20.8 Å². The second kappa shape index (κ2) is 11.2. The Morgan fingerprint density at radius 3 is 2.55 bits per heavy atom. The molecule has 29 heavy (non-hydrogen) atoms. The molecule has 160 valence electrons. The summed E-state index contributed by atoms with van der Waals surface area (Å²) in [6, 6.07) is 5.92. The number of piperazine rings is 1. The average Bonchev–Trinajstić information content (AvgIpc) is 2.76. The molecule has 1 aromatic carbocycles. The van der Waals surface area contributed by atoms with Crippen LogP contribution in [0.2, 0.25) is 0 Å². The number of hydrogen-bond acceptors (Lipinski definition) is 5. The maximum Gasteiger partial charge on any atom is 0.234 e. The van der Waals surface area contributed by atoms with Gasteiger partial charge in [0, 0.05) is 44.8 Å². The van der Waals surface area contributed by atoms with Gasteiger partial charge in [0.2, 0.25) is 5.91 Å². The van der Waals surface area contributed by atoms with Crippen molar-refractivity contribution < 1.29 is 14.3 Å². The molecule has 1 aliphatic heterocycles. The van der Waals surface area contributed by atoms with Gasteiger partial charge in [-0.1, -0.05) is 11.6 Å². The van der Waals surface area contributed by atoms with Gasteiger partial charge in [-0.2, -0.15) is 0 Å². The van der Waals surface area contributed by atoms with Crippen molar-refractivity contribution in [2.24, 2.45) is 0 Å².